The second kappa shape index (κ2) is 4.23. The lowest BCUT2D eigenvalue weighted by Gasteiger charge is -2.33. The maximum atomic E-state index is 5.51. The highest BCUT2D eigenvalue weighted by atomic mass is 16.4. The molecule has 2 atom stereocenters. The molecule has 2 heterocycles. The Morgan fingerprint density at radius 1 is 1.47 bits per heavy atom. The number of piperidine rings is 1. The Balaban J connectivity index is 2.09. The number of hydrogen-bond acceptors (Lipinski definition) is 4. The summed E-state index contributed by atoms with van der Waals surface area (Å²) in [5.41, 5.74) is 6.34. The third-order valence-electron chi connectivity index (χ3n) is 2.89. The van der Waals surface area contributed by atoms with Gasteiger partial charge in [-0.3, -0.25) is 0 Å². The van der Waals surface area contributed by atoms with Crippen LogP contribution in [0.1, 0.15) is 26.0 Å². The van der Waals surface area contributed by atoms with Crippen molar-refractivity contribution in [3.8, 4) is 0 Å². The van der Waals surface area contributed by atoms with Crippen LogP contribution in [0.3, 0.4) is 0 Å². The largest absolute Gasteiger partial charge is 0.432 e. The van der Waals surface area contributed by atoms with E-state index in [0.717, 1.165) is 24.8 Å². The predicted octanol–water partition coefficient (Wildman–Crippen LogP) is 1.62. The fraction of sp³-hybridized carbons (Fsp3) is 0.727. The zero-order valence-electron chi connectivity index (χ0n) is 9.44. The van der Waals surface area contributed by atoms with Gasteiger partial charge in [0.2, 0.25) is 0 Å². The summed E-state index contributed by atoms with van der Waals surface area (Å²) < 4.78 is 5.43. The topological polar surface area (TPSA) is 55.3 Å². The van der Waals surface area contributed by atoms with Crippen molar-refractivity contribution >= 4 is 6.01 Å². The van der Waals surface area contributed by atoms with Crippen molar-refractivity contribution < 1.29 is 4.42 Å². The minimum absolute atomic E-state index is 0.447. The van der Waals surface area contributed by atoms with Gasteiger partial charge >= 0.3 is 0 Å². The first-order valence-electron chi connectivity index (χ1n) is 5.58. The van der Waals surface area contributed by atoms with E-state index in [4.69, 9.17) is 10.2 Å². The fourth-order valence-electron chi connectivity index (χ4n) is 2.35. The molecule has 84 valence electrons. The molecule has 1 fully saturated rings. The third-order valence-corrected chi connectivity index (χ3v) is 2.89. The van der Waals surface area contributed by atoms with Gasteiger partial charge in [-0.2, -0.15) is 4.98 Å². The molecule has 1 aromatic rings. The maximum Gasteiger partial charge on any atom is 0.297 e. The second-order valence-electron chi connectivity index (χ2n) is 4.68. The molecule has 0 spiro atoms. The zero-order valence-corrected chi connectivity index (χ0v) is 9.44. The van der Waals surface area contributed by atoms with Crippen LogP contribution in [0.2, 0.25) is 0 Å². The van der Waals surface area contributed by atoms with Gasteiger partial charge in [0.1, 0.15) is 6.26 Å². The first-order chi connectivity index (χ1) is 7.19. The van der Waals surface area contributed by atoms with Crippen LogP contribution in [0, 0.1) is 11.8 Å². The van der Waals surface area contributed by atoms with Crippen LogP contribution < -0.4 is 10.6 Å². The van der Waals surface area contributed by atoms with Crippen molar-refractivity contribution in [3.05, 3.63) is 12.0 Å². The summed E-state index contributed by atoms with van der Waals surface area (Å²) in [7, 11) is 0. The minimum Gasteiger partial charge on any atom is -0.432 e. The number of oxazole rings is 1. The van der Waals surface area contributed by atoms with Gasteiger partial charge in [0.25, 0.3) is 6.01 Å². The molecule has 0 aliphatic carbocycles. The Morgan fingerprint density at radius 2 is 2.13 bits per heavy atom. The lowest BCUT2D eigenvalue weighted by Crippen LogP contribution is -2.38. The van der Waals surface area contributed by atoms with Gasteiger partial charge < -0.3 is 15.1 Å². The van der Waals surface area contributed by atoms with Gasteiger partial charge in [0.15, 0.2) is 0 Å². The van der Waals surface area contributed by atoms with Gasteiger partial charge in [-0.05, 0) is 18.3 Å². The smallest absolute Gasteiger partial charge is 0.297 e. The molecule has 0 saturated carbocycles. The Labute approximate surface area is 90.5 Å². The van der Waals surface area contributed by atoms with Gasteiger partial charge in [0, 0.05) is 19.6 Å². The molecule has 4 nitrogen and oxygen atoms in total. The molecule has 1 saturated heterocycles. The monoisotopic (exact) mass is 209 g/mol. The highest BCUT2D eigenvalue weighted by Crippen LogP contribution is 2.25. The van der Waals surface area contributed by atoms with E-state index in [1.165, 1.54) is 6.42 Å². The second-order valence-corrected chi connectivity index (χ2v) is 4.68. The first kappa shape index (κ1) is 10.5. The molecular formula is C11H19N3O. The molecule has 2 N–H and O–H groups in total. The summed E-state index contributed by atoms with van der Waals surface area (Å²) in [4.78, 5) is 6.58. The van der Waals surface area contributed by atoms with Crippen molar-refractivity contribution in [2.75, 3.05) is 18.0 Å². The van der Waals surface area contributed by atoms with E-state index >= 15 is 0 Å². The SMILES string of the molecule is CC1CC(C)CN(c2nc(CN)co2)C1. The number of nitrogens with two attached hydrogens (primary N) is 1. The minimum atomic E-state index is 0.447. The lowest BCUT2D eigenvalue weighted by molar-refractivity contribution is 0.340. The molecular weight excluding hydrogens is 190 g/mol. The first-order valence-corrected chi connectivity index (χ1v) is 5.58. The number of rotatable bonds is 2. The van der Waals surface area contributed by atoms with E-state index in [1.54, 1.807) is 6.26 Å². The van der Waals surface area contributed by atoms with Crippen LogP contribution >= 0.6 is 0 Å². The molecule has 0 amide bonds. The summed E-state index contributed by atoms with van der Waals surface area (Å²) >= 11 is 0. The highest BCUT2D eigenvalue weighted by Gasteiger charge is 2.24. The lowest BCUT2D eigenvalue weighted by atomic mass is 9.92. The van der Waals surface area contributed by atoms with E-state index in [-0.39, 0.29) is 0 Å². The molecule has 0 bridgehead atoms. The summed E-state index contributed by atoms with van der Waals surface area (Å²) in [6, 6.07) is 0.730. The van der Waals surface area contributed by atoms with E-state index in [1.807, 2.05) is 0 Å². The number of aromatic nitrogens is 1. The van der Waals surface area contributed by atoms with Crippen molar-refractivity contribution in [1.82, 2.24) is 4.98 Å². The molecule has 2 unspecified atom stereocenters. The van der Waals surface area contributed by atoms with Crippen LogP contribution in [-0.4, -0.2) is 18.1 Å². The zero-order chi connectivity index (χ0) is 10.8. The molecule has 2 rings (SSSR count). The molecule has 0 aromatic carbocycles. The molecule has 15 heavy (non-hydrogen) atoms. The van der Waals surface area contributed by atoms with Crippen LogP contribution in [0.15, 0.2) is 10.7 Å². The highest BCUT2D eigenvalue weighted by molar-refractivity contribution is 5.28. The normalized spacial score (nSPS) is 27.0. The van der Waals surface area contributed by atoms with Crippen LogP contribution in [0.5, 0.6) is 0 Å². The third kappa shape index (κ3) is 2.31. The van der Waals surface area contributed by atoms with Crippen molar-refractivity contribution in [2.45, 2.75) is 26.8 Å². The molecule has 0 radical (unpaired) electrons. The van der Waals surface area contributed by atoms with E-state index < -0.39 is 0 Å². The average Bonchev–Trinajstić information content (AvgIpc) is 2.64. The maximum absolute atomic E-state index is 5.51. The van der Waals surface area contributed by atoms with Crippen LogP contribution in [0.4, 0.5) is 6.01 Å². The summed E-state index contributed by atoms with van der Waals surface area (Å²) in [6.07, 6.45) is 2.94. The predicted molar refractivity (Wildman–Crippen MR) is 59.6 cm³/mol. The van der Waals surface area contributed by atoms with Crippen LogP contribution in [0.25, 0.3) is 0 Å². The van der Waals surface area contributed by atoms with Gasteiger partial charge in [-0.25, -0.2) is 0 Å². The summed E-state index contributed by atoms with van der Waals surface area (Å²) in [6.45, 7) is 7.07. The molecule has 1 aliphatic heterocycles. The number of nitrogens with zero attached hydrogens (tertiary/aromatic N) is 2. The average molecular weight is 209 g/mol. The van der Waals surface area contributed by atoms with Crippen molar-refractivity contribution in [1.29, 1.82) is 0 Å². The molecule has 1 aromatic heterocycles. The van der Waals surface area contributed by atoms with Crippen molar-refractivity contribution in [2.24, 2.45) is 17.6 Å². The van der Waals surface area contributed by atoms with Gasteiger partial charge in [-0.1, -0.05) is 13.8 Å². The Hall–Kier alpha value is -1.03. The fourth-order valence-corrected chi connectivity index (χ4v) is 2.35. The Bertz CT molecular complexity index is 313. The molecule has 4 heteroatoms. The Kier molecular flexibility index (Phi) is 2.95. The van der Waals surface area contributed by atoms with Crippen molar-refractivity contribution in [3.63, 3.8) is 0 Å². The Morgan fingerprint density at radius 3 is 2.67 bits per heavy atom. The van der Waals surface area contributed by atoms with Gasteiger partial charge in [0.05, 0.1) is 5.69 Å². The number of anilines is 1. The molecule has 1 aliphatic rings. The van der Waals surface area contributed by atoms with E-state index in [9.17, 15) is 0 Å². The van der Waals surface area contributed by atoms with Crippen LogP contribution in [-0.2, 0) is 6.54 Å². The number of hydrogen-bond donors (Lipinski definition) is 1. The van der Waals surface area contributed by atoms with Gasteiger partial charge in [-0.15, -0.1) is 0 Å². The standard InChI is InChI=1S/C11H19N3O/c1-8-3-9(2)6-14(5-8)11-13-10(4-12)7-15-11/h7-9H,3-6,12H2,1-2H3. The summed E-state index contributed by atoms with van der Waals surface area (Å²) in [5.74, 6) is 1.42. The van der Waals surface area contributed by atoms with E-state index in [0.29, 0.717) is 18.4 Å². The summed E-state index contributed by atoms with van der Waals surface area (Å²) in [5, 5.41) is 0. The quantitative estimate of drug-likeness (QED) is 0.804. The van der Waals surface area contributed by atoms with E-state index in [2.05, 4.69) is 23.7 Å².